The number of aliphatic hydroxyl groups is 1. The van der Waals surface area contributed by atoms with Crippen LogP contribution in [0, 0.1) is 70.1 Å². The van der Waals surface area contributed by atoms with Gasteiger partial charge in [0.2, 0.25) is 5.67 Å². The van der Waals surface area contributed by atoms with Gasteiger partial charge in [0.15, 0.2) is 0 Å². The molecule has 0 amide bonds. The van der Waals surface area contributed by atoms with Gasteiger partial charge in [-0.25, -0.2) is 22.0 Å². The third-order valence-corrected chi connectivity index (χ3v) is 12.5. The maximum absolute atomic E-state index is 15.4. The van der Waals surface area contributed by atoms with Gasteiger partial charge in [-0.1, -0.05) is 6.92 Å². The van der Waals surface area contributed by atoms with Crippen LogP contribution in [0.25, 0.3) is 0 Å². The molecule has 0 radical (unpaired) electrons. The summed E-state index contributed by atoms with van der Waals surface area (Å²) in [7, 11) is 0. The third-order valence-electron chi connectivity index (χ3n) is 12.5. The van der Waals surface area contributed by atoms with Crippen LogP contribution in [-0.4, -0.2) is 51.4 Å². The van der Waals surface area contributed by atoms with Crippen LogP contribution < -0.4 is 0 Å². The number of esters is 2. The first-order valence-electron chi connectivity index (χ1n) is 17.2. The number of ether oxygens (including phenoxy) is 2. The highest BCUT2D eigenvalue weighted by atomic mass is 19.3. The number of carbonyl (C=O) groups is 2. The molecule has 4 unspecified atom stereocenters. The van der Waals surface area contributed by atoms with Gasteiger partial charge in [-0.2, -0.15) is 12.8 Å². The topological polar surface area (TPSA) is 72.8 Å². The lowest BCUT2D eigenvalue weighted by Crippen LogP contribution is -2.66. The Kier molecular flexibility index (Phi) is 10.4. The fraction of sp³-hybridized carbons (Fsp3) is 0.838. The fourth-order valence-electron chi connectivity index (χ4n) is 11.3. The molecule has 1 N–H and O–H groups in total. The Morgan fingerprint density at radius 2 is 1.13 bits per heavy atom. The average Bonchev–Trinajstić information content (AvgIpc) is 2.89. The molecule has 9 aliphatic rings. The second-order valence-corrected chi connectivity index (χ2v) is 16.3. The molecule has 0 aromatic carbocycles. The van der Waals surface area contributed by atoms with E-state index in [0.29, 0.717) is 61.7 Å². The molecule has 0 aromatic rings. The van der Waals surface area contributed by atoms with Crippen LogP contribution in [-0.2, 0) is 19.1 Å². The molecule has 9 aliphatic carbocycles. The second-order valence-electron chi connectivity index (χ2n) is 16.3. The quantitative estimate of drug-likeness (QED) is 0.166. The lowest BCUT2D eigenvalue weighted by Gasteiger charge is -2.59. The van der Waals surface area contributed by atoms with E-state index in [4.69, 9.17) is 9.47 Å². The standard InChI is InChI=1S/C20H26F5O2.C15H23O3.2CH3/c1-2-15(20(25)18(21,22)4-3-5-19(20,23)24)16(26)27-17-9-12-6-13(10-17)8-14(7-12)11-17;1-3-10(2)13(16)18-15-7-11-4-12(8-15)6-14(17,5-11)9-15;;/h12-15H,1-11H2;10-12,17H,1,3-9H2,2H3;2*1H3/q2*-1;2*+1. The molecule has 9 rings (SSSR count). The van der Waals surface area contributed by atoms with Crippen molar-refractivity contribution >= 4 is 11.9 Å². The largest absolute Gasteiger partial charge is 0.459 e. The first-order chi connectivity index (χ1) is 21.0. The van der Waals surface area contributed by atoms with Gasteiger partial charge in [0.05, 0.1) is 11.5 Å². The van der Waals surface area contributed by atoms with Crippen LogP contribution in [0.2, 0.25) is 0 Å². The van der Waals surface area contributed by atoms with Gasteiger partial charge in [0.1, 0.15) is 11.2 Å². The summed E-state index contributed by atoms with van der Waals surface area (Å²) in [5.41, 5.74) is -5.97. The molecular formula is C37H55F5O5. The average molecular weight is 675 g/mol. The van der Waals surface area contributed by atoms with Crippen LogP contribution in [0.1, 0.15) is 116 Å². The predicted octanol–water partition coefficient (Wildman–Crippen LogP) is 8.88. The van der Waals surface area contributed by atoms with Crippen LogP contribution in [0.3, 0.4) is 0 Å². The Hall–Kier alpha value is -1.71. The summed E-state index contributed by atoms with van der Waals surface area (Å²) in [5.74, 6) is -10.0. The molecule has 268 valence electrons. The van der Waals surface area contributed by atoms with E-state index in [-0.39, 0.29) is 32.3 Å². The van der Waals surface area contributed by atoms with E-state index < -0.39 is 66.3 Å². The zero-order chi connectivity index (χ0) is 32.6. The third kappa shape index (κ3) is 6.63. The Morgan fingerprint density at radius 1 is 0.702 bits per heavy atom. The van der Waals surface area contributed by atoms with Gasteiger partial charge in [0.25, 0.3) is 11.8 Å². The SMILES string of the molecule is [CH2-]CC(C(=O)OC12CC3CC(CC(C3)C1)C2)C1(F)C(F)(F)CCCC1(F)F.[CH2-]CC(C)C(=O)OC12CC3CC(CC(O)(C3)C1)C2.[CH3+].[CH3+]. The highest BCUT2D eigenvalue weighted by Crippen LogP contribution is 2.61. The molecule has 0 spiro atoms. The molecule has 8 bridgehead atoms. The second kappa shape index (κ2) is 12.9. The number of carbonyl (C=O) groups excluding carboxylic acids is 2. The summed E-state index contributed by atoms with van der Waals surface area (Å²) in [6.07, 6.45) is 8.09. The molecule has 9 saturated carbocycles. The van der Waals surface area contributed by atoms with Gasteiger partial charge in [-0.15, -0.1) is 0 Å². The van der Waals surface area contributed by atoms with E-state index in [2.05, 4.69) is 13.8 Å². The van der Waals surface area contributed by atoms with Crippen molar-refractivity contribution in [1.82, 2.24) is 0 Å². The Morgan fingerprint density at radius 3 is 1.55 bits per heavy atom. The van der Waals surface area contributed by atoms with Crippen LogP contribution in [0.4, 0.5) is 22.0 Å². The van der Waals surface area contributed by atoms with Gasteiger partial charge in [-0.3, -0.25) is 9.59 Å². The van der Waals surface area contributed by atoms with Gasteiger partial charge < -0.3 is 28.4 Å². The van der Waals surface area contributed by atoms with Crippen molar-refractivity contribution in [1.29, 1.82) is 0 Å². The molecule has 4 atom stereocenters. The van der Waals surface area contributed by atoms with Gasteiger partial charge in [0, 0.05) is 40.0 Å². The lowest BCUT2D eigenvalue weighted by molar-refractivity contribution is -0.294. The predicted molar refractivity (Wildman–Crippen MR) is 168 cm³/mol. The lowest BCUT2D eigenvalue weighted by atomic mass is 9.52. The van der Waals surface area contributed by atoms with Crippen molar-refractivity contribution in [2.75, 3.05) is 0 Å². The van der Waals surface area contributed by atoms with E-state index >= 15 is 4.39 Å². The highest BCUT2D eigenvalue weighted by molar-refractivity contribution is 5.75. The van der Waals surface area contributed by atoms with Gasteiger partial charge in [-0.05, 0) is 107 Å². The first-order valence-corrected chi connectivity index (χ1v) is 17.2. The molecule has 47 heavy (non-hydrogen) atoms. The molecule has 0 aromatic heterocycles. The Labute approximate surface area is 278 Å². The highest BCUT2D eigenvalue weighted by Gasteiger charge is 2.75. The van der Waals surface area contributed by atoms with Crippen molar-refractivity contribution < 1.29 is 46.1 Å². The number of rotatable bonds is 7. The summed E-state index contributed by atoms with van der Waals surface area (Å²) in [6, 6.07) is 0. The molecular weight excluding hydrogens is 619 g/mol. The summed E-state index contributed by atoms with van der Waals surface area (Å²) >= 11 is 0. The number of halogens is 5. The molecule has 0 heterocycles. The molecule has 10 heteroatoms. The van der Waals surface area contributed by atoms with E-state index in [1.54, 1.807) is 0 Å². The molecule has 9 fully saturated rings. The normalized spacial score (nSPS) is 42.1. The van der Waals surface area contributed by atoms with Crippen molar-refractivity contribution in [2.24, 2.45) is 41.4 Å². The first kappa shape index (κ1) is 38.1. The number of hydrogen-bond acceptors (Lipinski definition) is 5. The van der Waals surface area contributed by atoms with Crippen molar-refractivity contribution in [3.8, 4) is 0 Å². The smallest absolute Gasteiger partial charge is 0.310 e. The minimum Gasteiger partial charge on any atom is -0.459 e. The van der Waals surface area contributed by atoms with Crippen LogP contribution >= 0.6 is 0 Å². The van der Waals surface area contributed by atoms with Crippen LogP contribution in [0.5, 0.6) is 0 Å². The zero-order valence-electron chi connectivity index (χ0n) is 28.4. The van der Waals surface area contributed by atoms with E-state index in [0.717, 1.165) is 44.9 Å². The Bertz CT molecular complexity index is 1090. The molecule has 0 aliphatic heterocycles. The van der Waals surface area contributed by atoms with Crippen LogP contribution in [0.15, 0.2) is 0 Å². The fourth-order valence-corrected chi connectivity index (χ4v) is 11.3. The number of alkyl halides is 5. The minimum atomic E-state index is -4.29. The monoisotopic (exact) mass is 674 g/mol. The molecule has 5 nitrogen and oxygen atoms in total. The van der Waals surface area contributed by atoms with Crippen molar-refractivity contribution in [2.45, 2.75) is 150 Å². The molecule has 0 saturated heterocycles. The Balaban J connectivity index is 0.000000219. The van der Waals surface area contributed by atoms with E-state index in [1.165, 1.54) is 6.42 Å². The van der Waals surface area contributed by atoms with Crippen molar-refractivity contribution in [3.63, 3.8) is 0 Å². The summed E-state index contributed by atoms with van der Waals surface area (Å²) in [5, 5.41) is 10.6. The maximum atomic E-state index is 15.4. The summed E-state index contributed by atoms with van der Waals surface area (Å²) in [4.78, 5) is 24.8. The number of hydrogen-bond donors (Lipinski definition) is 1. The summed E-state index contributed by atoms with van der Waals surface area (Å²) in [6.45, 7) is 8.98. The van der Waals surface area contributed by atoms with Crippen molar-refractivity contribution in [3.05, 3.63) is 28.7 Å². The van der Waals surface area contributed by atoms with Gasteiger partial charge >= 0.3 is 11.9 Å². The maximum Gasteiger partial charge on any atom is 0.310 e. The minimum absolute atomic E-state index is 0. The summed E-state index contributed by atoms with van der Waals surface area (Å²) < 4.78 is 84.2. The van der Waals surface area contributed by atoms with E-state index in [1.807, 2.05) is 6.92 Å². The zero-order valence-corrected chi connectivity index (χ0v) is 28.4. The van der Waals surface area contributed by atoms with E-state index in [9.17, 15) is 32.3 Å².